The molecule has 28 nitrogen and oxygen atoms in total. The summed E-state index contributed by atoms with van der Waals surface area (Å²) in [4.78, 5) is 97.0. The maximum absolute atomic E-state index is 12.7. The van der Waals surface area contributed by atoms with Gasteiger partial charge >= 0.3 is 0 Å². The van der Waals surface area contributed by atoms with Crippen LogP contribution in [-0.4, -0.2) is 145 Å². The van der Waals surface area contributed by atoms with Gasteiger partial charge in [0.1, 0.15) is 42.4 Å². The van der Waals surface area contributed by atoms with Crippen LogP contribution in [0.2, 0.25) is 0 Å². The fraction of sp³-hybridized carbons (Fsp3) is 0.773. The molecule has 4 rings (SSSR count). The lowest BCUT2D eigenvalue weighted by Gasteiger charge is -2.36. The lowest BCUT2D eigenvalue weighted by molar-refractivity contribution is -0.347. The minimum atomic E-state index is -5.93. The molecule has 0 aromatic carbocycles. The zero-order chi connectivity index (χ0) is 56.1. The fourth-order valence-electron chi connectivity index (χ4n) is 7.91. The number of phosphoric ester groups is 3. The van der Waals surface area contributed by atoms with E-state index in [0.29, 0.717) is 12.4 Å². The van der Waals surface area contributed by atoms with Crippen LogP contribution in [0.4, 0.5) is 5.82 Å². The van der Waals surface area contributed by atoms with Crippen molar-refractivity contribution in [3.05, 3.63) is 24.8 Å². The van der Waals surface area contributed by atoms with Crippen molar-refractivity contribution in [3.8, 4) is 0 Å². The highest BCUT2D eigenvalue weighted by molar-refractivity contribution is 8.14. The van der Waals surface area contributed by atoms with E-state index in [2.05, 4.69) is 43.5 Å². The van der Waals surface area contributed by atoms with E-state index in [1.165, 1.54) is 58.4 Å². The summed E-state index contributed by atoms with van der Waals surface area (Å²) in [6.07, 6.45) is 7.87. The number of ether oxygens (including phenoxy) is 3. The monoisotopic (exact) mass is 1160 g/mol. The lowest BCUT2D eigenvalue weighted by atomic mass is 9.87. The van der Waals surface area contributed by atoms with E-state index >= 15 is 0 Å². The Morgan fingerprint density at radius 1 is 0.895 bits per heavy atom. The number of carbonyl (C=O) groups is 3. The van der Waals surface area contributed by atoms with Crippen molar-refractivity contribution in [3.63, 3.8) is 0 Å². The summed E-state index contributed by atoms with van der Waals surface area (Å²) in [5, 5.41) is 46.0. The van der Waals surface area contributed by atoms with E-state index in [1.807, 2.05) is 6.08 Å². The van der Waals surface area contributed by atoms with Crippen molar-refractivity contribution in [2.45, 2.75) is 172 Å². The number of unbranched alkanes of at least 4 members (excludes halogenated alkanes) is 12. The Hall–Kier alpha value is -2.86. The number of hydrogen-bond donors (Lipinski definition) is 7. The van der Waals surface area contributed by atoms with Gasteiger partial charge in [-0.3, -0.25) is 28.1 Å². The van der Waals surface area contributed by atoms with Crippen LogP contribution < -0.4 is 35.9 Å². The number of amides is 2. The number of nitrogens with zero attached hydrogens (tertiary/aromatic N) is 4. The van der Waals surface area contributed by atoms with E-state index in [4.69, 9.17) is 19.9 Å². The number of aliphatic hydroxyl groups excluding tert-OH is 4. The van der Waals surface area contributed by atoms with Crippen molar-refractivity contribution in [1.29, 1.82) is 0 Å². The molecule has 2 amide bonds. The van der Waals surface area contributed by atoms with Crippen LogP contribution in [0.15, 0.2) is 24.8 Å². The highest BCUT2D eigenvalue weighted by Gasteiger charge is 2.47. The normalized spacial score (nSPS) is 24.4. The average Bonchev–Trinajstić information content (AvgIpc) is 3.90. The lowest BCUT2D eigenvalue weighted by Crippen LogP contribution is -2.47. The van der Waals surface area contributed by atoms with Gasteiger partial charge in [-0.2, -0.15) is 0 Å². The van der Waals surface area contributed by atoms with Gasteiger partial charge in [-0.15, -0.1) is 0 Å². The second-order valence-corrected chi connectivity index (χ2v) is 24.2. The first-order chi connectivity index (χ1) is 35.8. The maximum atomic E-state index is 12.7. The number of anilines is 1. The molecule has 0 spiro atoms. The molecule has 2 saturated heterocycles. The molecule has 8 N–H and O–H groups in total. The largest absolute Gasteiger partial charge is 0.790 e. The van der Waals surface area contributed by atoms with Crippen molar-refractivity contribution < 1.29 is 100 Å². The van der Waals surface area contributed by atoms with Crippen LogP contribution in [0.3, 0.4) is 0 Å². The number of thioether (sulfide) groups is 1. The molecular formula is C44H72N7O21P3S-4. The Morgan fingerprint density at radius 2 is 1.53 bits per heavy atom. The zero-order valence-electron chi connectivity index (χ0n) is 42.7. The molecule has 0 aliphatic carbocycles. The van der Waals surface area contributed by atoms with E-state index in [0.717, 1.165) is 73.9 Å². The first kappa shape index (κ1) is 65.7. The summed E-state index contributed by atoms with van der Waals surface area (Å²) in [7, 11) is -17.7. The molecule has 11 atom stereocenters. The molecule has 2 aromatic heterocycles. The van der Waals surface area contributed by atoms with E-state index in [-0.39, 0.29) is 54.1 Å². The zero-order valence-corrected chi connectivity index (χ0v) is 46.2. The summed E-state index contributed by atoms with van der Waals surface area (Å²) < 4.78 is 72.1. The van der Waals surface area contributed by atoms with Crippen molar-refractivity contribution in [2.24, 2.45) is 5.41 Å². The first-order valence-corrected chi connectivity index (χ1v) is 30.4. The third kappa shape index (κ3) is 23.1. The molecule has 32 heteroatoms. The van der Waals surface area contributed by atoms with Crippen LogP contribution >= 0.6 is 35.2 Å². The number of hydrogen-bond acceptors (Lipinski definition) is 26. The minimum absolute atomic E-state index is 0.0249. The maximum Gasteiger partial charge on any atom is 0.274 e. The number of nitrogens with two attached hydrogens (primary N) is 1. The highest BCUT2D eigenvalue weighted by atomic mass is 32.2. The number of nitrogen functional groups attached to an aromatic ring is 1. The molecular weight excluding hydrogens is 1090 g/mol. The number of aliphatic hydroxyl groups is 4. The number of phosphoric acid groups is 3. The Balaban J connectivity index is 1.00. The molecule has 2 aliphatic heterocycles. The first-order valence-electron chi connectivity index (χ1n) is 25.1. The second-order valence-electron chi connectivity index (χ2n) is 19.0. The van der Waals surface area contributed by atoms with Gasteiger partial charge in [0.15, 0.2) is 24.0 Å². The van der Waals surface area contributed by atoms with Gasteiger partial charge in [0.25, 0.3) is 15.6 Å². The van der Waals surface area contributed by atoms with Crippen LogP contribution in [0.5, 0.6) is 0 Å². The average molecular weight is 1160 g/mol. The number of imidazole rings is 1. The second kappa shape index (κ2) is 31.8. The molecule has 2 aliphatic rings. The summed E-state index contributed by atoms with van der Waals surface area (Å²) in [6.45, 7) is 2.36. The predicted octanol–water partition coefficient (Wildman–Crippen LogP) is 0.638. The Kier molecular flexibility index (Phi) is 27.5. The quantitative estimate of drug-likeness (QED) is 0.0280. The van der Waals surface area contributed by atoms with Gasteiger partial charge in [0, 0.05) is 43.7 Å². The minimum Gasteiger partial charge on any atom is -0.790 e. The molecule has 0 bridgehead atoms. The Labute approximate surface area is 445 Å². The smallest absolute Gasteiger partial charge is 0.274 e. The van der Waals surface area contributed by atoms with Gasteiger partial charge in [-0.1, -0.05) is 95.9 Å². The number of rotatable bonds is 36. The van der Waals surface area contributed by atoms with E-state index in [9.17, 15) is 68.1 Å². The highest BCUT2D eigenvalue weighted by Crippen LogP contribution is 2.56. The third-order valence-electron chi connectivity index (χ3n) is 12.2. The number of nitrogens with one attached hydrogen (secondary N) is 2. The molecule has 0 saturated carbocycles. The number of allylic oxidation sites excluding steroid dienone is 1. The summed E-state index contributed by atoms with van der Waals surface area (Å²) >= 11 is 1.04. The van der Waals surface area contributed by atoms with Gasteiger partial charge in [-0.05, 0) is 32.3 Å². The van der Waals surface area contributed by atoms with Crippen molar-refractivity contribution in [2.75, 3.05) is 44.4 Å². The molecule has 76 heavy (non-hydrogen) atoms. The Morgan fingerprint density at radius 3 is 2.18 bits per heavy atom. The summed E-state index contributed by atoms with van der Waals surface area (Å²) in [5.41, 5.74) is 4.07. The molecule has 0 radical (unpaired) electrons. The van der Waals surface area contributed by atoms with Gasteiger partial charge in [0.2, 0.25) is 16.9 Å². The van der Waals surface area contributed by atoms with Crippen molar-refractivity contribution >= 4 is 69.1 Å². The summed E-state index contributed by atoms with van der Waals surface area (Å²) in [5.74, 6) is -1.26. The van der Waals surface area contributed by atoms with Gasteiger partial charge < -0.3 is 88.7 Å². The van der Waals surface area contributed by atoms with Crippen LogP contribution in [-0.2, 0) is 60.2 Å². The standard InChI is InChI=1S/C44H76N7O21P3S/c1-29-30(52)24-31(53)43(69-29)66-22-17-15-13-11-9-7-5-4-6-8-10-12-14-16-18-34(55)76-23-21-46-33(54)19-20-47-41(58)38(57)44(2,3)26-68-75(64,65)72-74(62,63)67-25-32-37(71-73(59,60)61)36(56)42(70-32)51-28-50-35-39(45)48-27-49-40(35)51/h16,18,27-32,36-38,42-43,52-53,56-57H,4-15,17,19-26H2,1-3H3,(H,46,54)(H,47,58)(H,62,63)(H,64,65)(H2,45,48,49)(H2,59,60,61)/p-4/b18-16+/t29-,30+,31+,32+,36+,37+,38-,42+,43+/m0/s1. The number of fused-ring (bicyclic) bond motifs is 1. The Bertz CT molecular complexity index is 2310. The number of carbonyl (C=O) groups excluding carboxylic acids is 3. The van der Waals surface area contributed by atoms with Crippen LogP contribution in [0.25, 0.3) is 11.2 Å². The topological polar surface area (TPSA) is 434 Å². The number of aromatic nitrogens is 4. The molecule has 2 aromatic rings. The molecule has 2 fully saturated rings. The molecule has 4 heterocycles. The van der Waals surface area contributed by atoms with Gasteiger partial charge in [0.05, 0.1) is 39.6 Å². The molecule has 2 unspecified atom stereocenters. The van der Waals surface area contributed by atoms with Gasteiger partial charge in [-0.25, -0.2) is 19.3 Å². The van der Waals surface area contributed by atoms with E-state index < -0.39 is 103 Å². The van der Waals surface area contributed by atoms with Crippen LogP contribution in [0, 0.1) is 5.41 Å². The summed E-state index contributed by atoms with van der Waals surface area (Å²) in [6, 6.07) is 0. The fourth-order valence-corrected chi connectivity index (χ4v) is 11.2. The van der Waals surface area contributed by atoms with Crippen molar-refractivity contribution in [1.82, 2.24) is 30.2 Å². The molecule has 434 valence electrons. The third-order valence-corrected chi connectivity index (χ3v) is 16.1. The van der Waals surface area contributed by atoms with E-state index in [1.54, 1.807) is 6.92 Å². The van der Waals surface area contributed by atoms with Crippen LogP contribution in [0.1, 0.15) is 123 Å². The predicted molar refractivity (Wildman–Crippen MR) is 264 cm³/mol. The SMILES string of the molecule is C[C@@H]1O[C@@H](OCCCCCCCCCCCCCC/C=C/C(=O)SCCNC(=O)CCNC(=O)[C@H](O)C(C)(C)COP(=O)([O-])OP(=O)([O-])OC[C@H]2O[C@@H](n3cnc4c(N)ncnc43)[C@H](O)[C@@H]2OP(=O)([O-])[O-])[C@H](O)C[C@H]1O.